The molecule has 5 nitrogen and oxygen atoms in total. The zero-order valence-electron chi connectivity index (χ0n) is 12.4. The molecule has 23 heavy (non-hydrogen) atoms. The SMILES string of the molecule is C=C(OCC(F)(F)F)N(C)c1sc(-c2cccnc2)nc1OC. The summed E-state index contributed by atoms with van der Waals surface area (Å²) in [5, 5.41) is 1.11. The van der Waals surface area contributed by atoms with E-state index in [-0.39, 0.29) is 11.8 Å². The van der Waals surface area contributed by atoms with Gasteiger partial charge in [0.15, 0.2) is 17.5 Å². The lowest BCUT2D eigenvalue weighted by Gasteiger charge is -2.21. The van der Waals surface area contributed by atoms with Crippen LogP contribution < -0.4 is 9.64 Å². The largest absolute Gasteiger partial charge is 0.479 e. The van der Waals surface area contributed by atoms with E-state index in [0.717, 1.165) is 5.56 Å². The van der Waals surface area contributed by atoms with Crippen LogP contribution in [0.15, 0.2) is 37.0 Å². The number of pyridine rings is 1. The first-order valence-electron chi connectivity index (χ1n) is 6.39. The van der Waals surface area contributed by atoms with E-state index in [1.165, 1.54) is 30.4 Å². The van der Waals surface area contributed by atoms with Gasteiger partial charge >= 0.3 is 6.18 Å². The predicted molar refractivity (Wildman–Crippen MR) is 81.4 cm³/mol. The van der Waals surface area contributed by atoms with Crippen LogP contribution in [0.1, 0.15) is 0 Å². The summed E-state index contributed by atoms with van der Waals surface area (Å²) in [4.78, 5) is 9.68. The Hall–Kier alpha value is -2.29. The van der Waals surface area contributed by atoms with Crippen LogP contribution in [0.2, 0.25) is 0 Å². The van der Waals surface area contributed by atoms with Crippen molar-refractivity contribution in [3.8, 4) is 16.5 Å². The van der Waals surface area contributed by atoms with Crippen molar-refractivity contribution in [3.63, 3.8) is 0 Å². The van der Waals surface area contributed by atoms with Gasteiger partial charge in [0, 0.05) is 25.0 Å². The minimum atomic E-state index is -4.43. The van der Waals surface area contributed by atoms with Gasteiger partial charge in [0.05, 0.1) is 7.11 Å². The van der Waals surface area contributed by atoms with E-state index in [4.69, 9.17) is 4.74 Å². The third-order valence-corrected chi connectivity index (χ3v) is 3.92. The molecule has 0 radical (unpaired) electrons. The topological polar surface area (TPSA) is 47.5 Å². The highest BCUT2D eigenvalue weighted by atomic mass is 32.1. The van der Waals surface area contributed by atoms with E-state index >= 15 is 0 Å². The van der Waals surface area contributed by atoms with Gasteiger partial charge in [-0.25, -0.2) is 0 Å². The maximum Gasteiger partial charge on any atom is 0.422 e. The molecule has 0 aliphatic carbocycles. The second-order valence-corrected chi connectivity index (χ2v) is 5.41. The van der Waals surface area contributed by atoms with E-state index < -0.39 is 12.8 Å². The number of rotatable bonds is 6. The second-order valence-electron chi connectivity index (χ2n) is 4.43. The quantitative estimate of drug-likeness (QED) is 0.747. The molecule has 0 aromatic carbocycles. The number of halogens is 3. The van der Waals surface area contributed by atoms with Gasteiger partial charge in [0.2, 0.25) is 5.88 Å². The molecule has 0 saturated carbocycles. The lowest BCUT2D eigenvalue weighted by Crippen LogP contribution is -2.23. The van der Waals surface area contributed by atoms with Gasteiger partial charge in [-0.2, -0.15) is 18.2 Å². The van der Waals surface area contributed by atoms with Crippen LogP contribution in [0.4, 0.5) is 18.2 Å². The summed E-state index contributed by atoms with van der Waals surface area (Å²) in [6.07, 6.45) is -1.16. The predicted octanol–water partition coefficient (Wildman–Crippen LogP) is 3.70. The molecular weight excluding hydrogens is 331 g/mol. The van der Waals surface area contributed by atoms with E-state index in [0.29, 0.717) is 10.0 Å². The van der Waals surface area contributed by atoms with Gasteiger partial charge in [-0.1, -0.05) is 11.3 Å². The number of anilines is 1. The van der Waals surface area contributed by atoms with E-state index in [2.05, 4.69) is 21.3 Å². The Balaban J connectivity index is 2.21. The Labute approximate surface area is 135 Å². The summed E-state index contributed by atoms with van der Waals surface area (Å²) >= 11 is 1.23. The first-order chi connectivity index (χ1) is 10.8. The van der Waals surface area contributed by atoms with E-state index in [9.17, 15) is 13.2 Å². The number of hydrogen-bond acceptors (Lipinski definition) is 6. The Kier molecular flexibility index (Phi) is 5.09. The Morgan fingerprint density at radius 1 is 1.43 bits per heavy atom. The van der Waals surface area contributed by atoms with E-state index in [1.807, 2.05) is 6.07 Å². The molecule has 2 rings (SSSR count). The van der Waals surface area contributed by atoms with Gasteiger partial charge in [-0.05, 0) is 18.7 Å². The zero-order valence-corrected chi connectivity index (χ0v) is 13.2. The number of ether oxygens (including phenoxy) is 2. The molecule has 0 unspecified atom stereocenters. The monoisotopic (exact) mass is 345 g/mol. The lowest BCUT2D eigenvalue weighted by atomic mass is 10.3. The molecule has 9 heteroatoms. The van der Waals surface area contributed by atoms with Crippen LogP contribution in [0.5, 0.6) is 5.88 Å². The summed E-state index contributed by atoms with van der Waals surface area (Å²) in [6.45, 7) is 2.10. The molecule has 0 aliphatic heterocycles. The smallest absolute Gasteiger partial charge is 0.422 e. The highest BCUT2D eigenvalue weighted by Gasteiger charge is 2.29. The van der Waals surface area contributed by atoms with Crippen molar-refractivity contribution in [1.82, 2.24) is 9.97 Å². The zero-order chi connectivity index (χ0) is 17.0. The molecule has 124 valence electrons. The molecular formula is C14H14F3N3O2S. The third kappa shape index (κ3) is 4.35. The van der Waals surface area contributed by atoms with Crippen LogP contribution in [0, 0.1) is 0 Å². The molecule has 2 aromatic heterocycles. The van der Waals surface area contributed by atoms with Crippen molar-refractivity contribution < 1.29 is 22.6 Å². The minimum Gasteiger partial charge on any atom is -0.479 e. The van der Waals surface area contributed by atoms with Gasteiger partial charge < -0.3 is 14.4 Å². The fraction of sp³-hybridized carbons (Fsp3) is 0.286. The number of methoxy groups -OCH3 is 1. The standard InChI is InChI=1S/C14H14F3N3O2S/c1-9(22-8-14(15,16)17)20(2)13-11(21-3)19-12(23-13)10-5-4-6-18-7-10/h4-7H,1,8H2,2-3H3. The molecule has 2 aromatic rings. The average Bonchev–Trinajstić information content (AvgIpc) is 2.96. The average molecular weight is 345 g/mol. The van der Waals surface area contributed by atoms with E-state index in [1.54, 1.807) is 18.5 Å². The fourth-order valence-corrected chi connectivity index (χ4v) is 2.64. The number of alkyl halides is 3. The van der Waals surface area contributed by atoms with Gasteiger partial charge in [-0.3, -0.25) is 4.98 Å². The van der Waals surface area contributed by atoms with Crippen LogP contribution in [-0.2, 0) is 4.74 Å². The summed E-state index contributed by atoms with van der Waals surface area (Å²) in [6, 6.07) is 3.59. The van der Waals surface area contributed by atoms with Crippen LogP contribution in [0.3, 0.4) is 0 Å². The highest BCUT2D eigenvalue weighted by Crippen LogP contribution is 2.40. The van der Waals surface area contributed by atoms with Gasteiger partial charge in [0.1, 0.15) is 5.01 Å². The van der Waals surface area contributed by atoms with Crippen molar-refractivity contribution >= 4 is 16.3 Å². The fourth-order valence-electron chi connectivity index (χ4n) is 1.63. The number of aromatic nitrogens is 2. The van der Waals surface area contributed by atoms with Crippen LogP contribution in [-0.4, -0.2) is 36.9 Å². The van der Waals surface area contributed by atoms with Crippen LogP contribution in [0.25, 0.3) is 10.6 Å². The Bertz CT molecular complexity index is 674. The highest BCUT2D eigenvalue weighted by molar-refractivity contribution is 7.19. The van der Waals surface area contributed by atoms with Gasteiger partial charge in [-0.15, -0.1) is 0 Å². The maximum atomic E-state index is 12.2. The number of nitrogens with zero attached hydrogens (tertiary/aromatic N) is 3. The molecule has 0 fully saturated rings. The second kappa shape index (κ2) is 6.86. The molecule has 0 amide bonds. The van der Waals surface area contributed by atoms with Crippen molar-refractivity contribution in [2.24, 2.45) is 0 Å². The van der Waals surface area contributed by atoms with Gasteiger partial charge in [0.25, 0.3) is 0 Å². The third-order valence-electron chi connectivity index (χ3n) is 2.76. The first-order valence-corrected chi connectivity index (χ1v) is 7.21. The maximum absolute atomic E-state index is 12.2. The van der Waals surface area contributed by atoms with Crippen molar-refractivity contribution in [3.05, 3.63) is 37.0 Å². The summed E-state index contributed by atoms with van der Waals surface area (Å²) < 4.78 is 46.5. The summed E-state index contributed by atoms with van der Waals surface area (Å²) in [5.74, 6) is 0.120. The normalized spacial score (nSPS) is 11.2. The molecule has 0 atom stereocenters. The lowest BCUT2D eigenvalue weighted by molar-refractivity contribution is -0.164. The summed E-state index contributed by atoms with van der Waals surface area (Å²) in [5.41, 5.74) is 0.775. The Morgan fingerprint density at radius 2 is 2.17 bits per heavy atom. The van der Waals surface area contributed by atoms with Crippen LogP contribution >= 0.6 is 11.3 Å². The Morgan fingerprint density at radius 3 is 2.74 bits per heavy atom. The van der Waals surface area contributed by atoms with Crippen molar-refractivity contribution in [2.45, 2.75) is 6.18 Å². The van der Waals surface area contributed by atoms with Crippen molar-refractivity contribution in [1.29, 1.82) is 0 Å². The molecule has 0 saturated heterocycles. The molecule has 0 N–H and O–H groups in total. The minimum absolute atomic E-state index is 0.151. The molecule has 0 bridgehead atoms. The first kappa shape index (κ1) is 17.1. The summed E-state index contributed by atoms with van der Waals surface area (Å²) in [7, 11) is 2.96. The molecule has 0 spiro atoms. The molecule has 2 heterocycles. The van der Waals surface area contributed by atoms with Crippen molar-refractivity contribution in [2.75, 3.05) is 25.7 Å². The molecule has 0 aliphatic rings. The number of thiazole rings is 1. The number of hydrogen-bond donors (Lipinski definition) is 0.